The summed E-state index contributed by atoms with van der Waals surface area (Å²) < 4.78 is 15.0. The Morgan fingerprint density at radius 1 is 1.10 bits per heavy atom. The Morgan fingerprint density at radius 2 is 1.88 bits per heavy atom. The van der Waals surface area contributed by atoms with E-state index in [0.717, 1.165) is 30.2 Å². The molecule has 0 radical (unpaired) electrons. The molecule has 0 amide bonds. The van der Waals surface area contributed by atoms with Gasteiger partial charge in [-0.1, -0.05) is 47.3 Å². The number of methoxy groups -OCH3 is 1. The van der Waals surface area contributed by atoms with Crippen LogP contribution in [0.15, 0.2) is 71.8 Å². The van der Waals surface area contributed by atoms with Gasteiger partial charge in [0, 0.05) is 32.6 Å². The van der Waals surface area contributed by atoms with Gasteiger partial charge < -0.3 is 9.47 Å². The van der Waals surface area contributed by atoms with Crippen LogP contribution in [0.3, 0.4) is 0 Å². The fourth-order valence-corrected chi connectivity index (χ4v) is 6.22. The second-order valence-electron chi connectivity index (χ2n) is 9.67. The van der Waals surface area contributed by atoms with Crippen molar-refractivity contribution in [2.45, 2.75) is 44.6 Å². The lowest BCUT2D eigenvalue weighted by Gasteiger charge is -2.22. The minimum Gasteiger partial charge on any atom is -0.493 e. The number of nitrogens with zero attached hydrogens (tertiary/aromatic N) is 4. The predicted molar refractivity (Wildman–Crippen MR) is 168 cm³/mol. The molecule has 5 rings (SSSR count). The monoisotopic (exact) mass is 746 g/mol. The first-order valence-electron chi connectivity index (χ1n) is 13.0. The SMILES string of the molecule is COc1cc(C=Nn2c(C3CCCCC3)nc3ccc(Br)cc3c2=O)c(Br)c(Br)c1OCc1cccc([N+](=O)[O-])c1. The molecular weight excluding hydrogens is 724 g/mol. The maximum atomic E-state index is 13.7. The fourth-order valence-electron chi connectivity index (χ4n) is 4.92. The summed E-state index contributed by atoms with van der Waals surface area (Å²) in [4.78, 5) is 29.2. The van der Waals surface area contributed by atoms with Gasteiger partial charge in [-0.2, -0.15) is 9.78 Å². The minimum absolute atomic E-state index is 0.0109. The van der Waals surface area contributed by atoms with Gasteiger partial charge in [-0.25, -0.2) is 4.98 Å². The van der Waals surface area contributed by atoms with Crippen molar-refractivity contribution in [1.29, 1.82) is 0 Å². The van der Waals surface area contributed by atoms with E-state index in [1.807, 2.05) is 12.1 Å². The van der Waals surface area contributed by atoms with Crippen LogP contribution in [0.5, 0.6) is 11.5 Å². The number of nitro benzene ring substituents is 1. The molecule has 9 nitrogen and oxygen atoms in total. The first kappa shape index (κ1) is 29.4. The smallest absolute Gasteiger partial charge is 0.282 e. The molecule has 0 unspecified atom stereocenters. The third-order valence-electron chi connectivity index (χ3n) is 7.00. The van der Waals surface area contributed by atoms with E-state index in [2.05, 4.69) is 52.9 Å². The van der Waals surface area contributed by atoms with Gasteiger partial charge in [-0.3, -0.25) is 14.9 Å². The molecule has 0 N–H and O–H groups in total. The Morgan fingerprint density at radius 3 is 2.61 bits per heavy atom. The average Bonchev–Trinajstić information content (AvgIpc) is 2.98. The predicted octanol–water partition coefficient (Wildman–Crippen LogP) is 8.11. The summed E-state index contributed by atoms with van der Waals surface area (Å²) in [6, 6.07) is 13.5. The molecule has 1 aromatic heterocycles. The van der Waals surface area contributed by atoms with Crippen molar-refractivity contribution in [1.82, 2.24) is 9.66 Å². The maximum absolute atomic E-state index is 13.7. The van der Waals surface area contributed by atoms with Gasteiger partial charge in [0.15, 0.2) is 11.5 Å². The minimum atomic E-state index is -0.445. The molecule has 12 heteroatoms. The van der Waals surface area contributed by atoms with Crippen LogP contribution in [0, 0.1) is 10.1 Å². The van der Waals surface area contributed by atoms with E-state index in [9.17, 15) is 14.9 Å². The molecule has 41 heavy (non-hydrogen) atoms. The van der Waals surface area contributed by atoms with Crippen LogP contribution >= 0.6 is 47.8 Å². The van der Waals surface area contributed by atoms with Crippen molar-refractivity contribution < 1.29 is 14.4 Å². The first-order valence-corrected chi connectivity index (χ1v) is 15.3. The van der Waals surface area contributed by atoms with Gasteiger partial charge >= 0.3 is 0 Å². The van der Waals surface area contributed by atoms with Crippen LogP contribution in [0.2, 0.25) is 0 Å². The van der Waals surface area contributed by atoms with Crippen molar-refractivity contribution >= 4 is 70.6 Å². The Balaban J connectivity index is 1.51. The van der Waals surface area contributed by atoms with Gasteiger partial charge in [0.05, 0.1) is 33.6 Å². The van der Waals surface area contributed by atoms with Crippen molar-refractivity contribution in [2.75, 3.05) is 7.11 Å². The van der Waals surface area contributed by atoms with Crippen molar-refractivity contribution in [3.8, 4) is 11.5 Å². The van der Waals surface area contributed by atoms with Crippen LogP contribution in [0.1, 0.15) is 55.0 Å². The van der Waals surface area contributed by atoms with Crippen LogP contribution in [0.25, 0.3) is 10.9 Å². The largest absolute Gasteiger partial charge is 0.493 e. The summed E-state index contributed by atoms with van der Waals surface area (Å²) in [5.74, 6) is 1.66. The number of nitro groups is 1. The molecule has 212 valence electrons. The average molecular weight is 749 g/mol. The third kappa shape index (κ3) is 6.39. The molecule has 0 bridgehead atoms. The Hall–Kier alpha value is -3.09. The Labute approximate surface area is 261 Å². The number of non-ortho nitro benzene ring substituents is 1. The van der Waals surface area contributed by atoms with E-state index >= 15 is 0 Å². The second-order valence-corrected chi connectivity index (χ2v) is 12.2. The number of halogens is 3. The lowest BCUT2D eigenvalue weighted by molar-refractivity contribution is -0.384. The zero-order valence-corrected chi connectivity index (χ0v) is 26.7. The number of benzene rings is 3. The van der Waals surface area contributed by atoms with Crippen molar-refractivity contribution in [2.24, 2.45) is 5.10 Å². The van der Waals surface area contributed by atoms with Crippen molar-refractivity contribution in [3.63, 3.8) is 0 Å². The summed E-state index contributed by atoms with van der Waals surface area (Å²) in [5.41, 5.74) is 1.70. The zero-order valence-electron chi connectivity index (χ0n) is 22.0. The molecule has 1 aliphatic rings. The first-order chi connectivity index (χ1) is 19.8. The highest BCUT2D eigenvalue weighted by molar-refractivity contribution is 9.13. The van der Waals surface area contributed by atoms with Gasteiger partial charge in [-0.15, -0.1) is 0 Å². The van der Waals surface area contributed by atoms with E-state index in [4.69, 9.17) is 14.5 Å². The van der Waals surface area contributed by atoms with Gasteiger partial charge in [0.2, 0.25) is 0 Å². The molecule has 0 aliphatic heterocycles. The highest BCUT2D eigenvalue weighted by Crippen LogP contribution is 2.43. The van der Waals surface area contributed by atoms with Crippen molar-refractivity contribution in [3.05, 3.63) is 99.4 Å². The number of ether oxygens (including phenoxy) is 2. The molecular formula is C29H25Br3N4O5. The number of hydrogen-bond acceptors (Lipinski definition) is 7. The van der Waals surface area contributed by atoms with Crippen LogP contribution in [-0.2, 0) is 6.61 Å². The van der Waals surface area contributed by atoms with E-state index in [0.29, 0.717) is 48.3 Å². The summed E-state index contributed by atoms with van der Waals surface area (Å²) in [7, 11) is 1.52. The molecule has 1 aliphatic carbocycles. The molecule has 1 saturated carbocycles. The van der Waals surface area contributed by atoms with E-state index in [1.54, 1.807) is 30.5 Å². The summed E-state index contributed by atoms with van der Waals surface area (Å²) in [5, 5.41) is 16.3. The van der Waals surface area contributed by atoms with Crippen LogP contribution in [0.4, 0.5) is 5.69 Å². The maximum Gasteiger partial charge on any atom is 0.282 e. The highest BCUT2D eigenvalue weighted by atomic mass is 79.9. The van der Waals surface area contributed by atoms with Gasteiger partial charge in [0.25, 0.3) is 11.2 Å². The number of rotatable bonds is 8. The molecule has 0 spiro atoms. The molecule has 0 saturated heterocycles. The lowest BCUT2D eigenvalue weighted by Crippen LogP contribution is -2.25. The van der Waals surface area contributed by atoms with E-state index in [-0.39, 0.29) is 23.8 Å². The third-order valence-corrected chi connectivity index (χ3v) is 9.63. The molecule has 1 heterocycles. The number of fused-ring (bicyclic) bond motifs is 1. The molecule has 4 aromatic rings. The Bertz CT molecular complexity index is 1720. The van der Waals surface area contributed by atoms with E-state index in [1.165, 1.54) is 30.3 Å². The summed E-state index contributed by atoms with van der Waals surface area (Å²) >= 11 is 10.7. The number of aromatic nitrogens is 2. The topological polar surface area (TPSA) is 109 Å². The molecule has 0 atom stereocenters. The van der Waals surface area contributed by atoms with Crippen LogP contribution < -0.4 is 15.0 Å². The fraction of sp³-hybridized carbons (Fsp3) is 0.276. The van der Waals surface area contributed by atoms with E-state index < -0.39 is 4.92 Å². The van der Waals surface area contributed by atoms with Gasteiger partial charge in [0.1, 0.15) is 12.4 Å². The van der Waals surface area contributed by atoms with Gasteiger partial charge in [-0.05, 0) is 74.5 Å². The standard InChI is InChI=1S/C29H25Br3N4O5/c1-40-24-13-19(25(31)26(32)27(24)41-16-17-6-5-9-21(12-17)36(38)39)15-33-35-28(18-7-3-2-4-8-18)34-23-11-10-20(30)14-22(23)29(35)37/h5-6,9-15,18H,2-4,7-8,16H2,1H3. The zero-order chi connectivity index (χ0) is 29.1. The summed E-state index contributed by atoms with van der Waals surface area (Å²) in [6.45, 7) is 0.0922. The number of hydrogen-bond donors (Lipinski definition) is 0. The Kier molecular flexibility index (Phi) is 9.20. The molecule has 1 fully saturated rings. The molecule has 3 aromatic carbocycles. The quantitative estimate of drug-likeness (QED) is 0.102. The summed E-state index contributed by atoms with van der Waals surface area (Å²) in [6.07, 6.45) is 6.89. The lowest BCUT2D eigenvalue weighted by atomic mass is 9.88. The second kappa shape index (κ2) is 12.8. The normalized spacial score (nSPS) is 14.0. The highest BCUT2D eigenvalue weighted by Gasteiger charge is 2.23. The van der Waals surface area contributed by atoms with Crippen LogP contribution in [-0.4, -0.2) is 27.9 Å².